The van der Waals surface area contributed by atoms with E-state index < -0.39 is 99.4 Å². The maximum Gasteiger partial charge on any atom is 0.348 e. The zero-order valence-electron chi connectivity index (χ0n) is 31.9. The van der Waals surface area contributed by atoms with Crippen LogP contribution in [-0.2, 0) is 47.7 Å². The first kappa shape index (κ1) is 38.2. The summed E-state index contributed by atoms with van der Waals surface area (Å²) in [6, 6.07) is 1.85. The van der Waals surface area contributed by atoms with Crippen molar-refractivity contribution in [2.75, 3.05) is 0 Å². The van der Waals surface area contributed by atoms with Crippen LogP contribution in [0.2, 0.25) is 0 Å². The van der Waals surface area contributed by atoms with Crippen molar-refractivity contribution in [2.45, 2.75) is 137 Å². The quantitative estimate of drug-likeness (QED) is 0.139. The van der Waals surface area contributed by atoms with Gasteiger partial charge in [-0.1, -0.05) is 68.4 Å². The van der Waals surface area contributed by atoms with Crippen molar-refractivity contribution in [3.8, 4) is 0 Å². The molecule has 1 saturated heterocycles. The van der Waals surface area contributed by atoms with Crippen LogP contribution < -0.4 is 0 Å². The second kappa shape index (κ2) is 12.8. The van der Waals surface area contributed by atoms with Crippen molar-refractivity contribution in [3.63, 3.8) is 0 Å². The van der Waals surface area contributed by atoms with Crippen molar-refractivity contribution in [1.82, 2.24) is 0 Å². The fraction of sp³-hybridized carbons (Fsp3) is 0.725. The first-order valence-corrected chi connectivity index (χ1v) is 18.6. The Morgan fingerprint density at radius 3 is 2.31 bits per heavy atom. The standard InChI is InChI=1S/C40H54O12/c1-11-21(4)30(49-22(5)42)35(46)51-33-31(48-19-41)32-37(8)14-12-26(43)36(6,7)25(37)17-27(50-34(45)29(44)20(2)3)39(32,10)40-28(52-40)16-24(38(33,40)9)23-13-15-47-18-23/h12-15,18-21,24-25,27-33,44H,11,16-17H2,1-10H3/t21?,24-,25-,27+,28+,29?,30?,31+,32+,33-,37-,38+,39+,40+/m0/s1. The monoisotopic (exact) mass is 726 g/mol. The Labute approximate surface area is 305 Å². The Bertz CT molecular complexity index is 1630. The fourth-order valence-corrected chi connectivity index (χ4v) is 11.4. The van der Waals surface area contributed by atoms with E-state index in [1.165, 1.54) is 6.92 Å². The van der Waals surface area contributed by atoms with Crippen molar-refractivity contribution >= 4 is 30.2 Å². The van der Waals surface area contributed by atoms with E-state index in [4.69, 9.17) is 28.1 Å². The second-order valence-corrected chi connectivity index (χ2v) is 17.4. The smallest absolute Gasteiger partial charge is 0.348 e. The highest BCUT2D eigenvalue weighted by Gasteiger charge is 2.92. The molecule has 12 nitrogen and oxygen atoms in total. The molecule has 2 heterocycles. The molecule has 3 saturated carbocycles. The third-order valence-corrected chi connectivity index (χ3v) is 14.2. The number of rotatable bonds is 11. The molecule has 52 heavy (non-hydrogen) atoms. The molecule has 0 amide bonds. The van der Waals surface area contributed by atoms with Crippen LogP contribution in [0.3, 0.4) is 0 Å². The Kier molecular flexibility index (Phi) is 9.42. The summed E-state index contributed by atoms with van der Waals surface area (Å²) < 4.78 is 37.2. The molecular weight excluding hydrogens is 672 g/mol. The number of epoxide rings is 1. The average molecular weight is 727 g/mol. The topological polar surface area (TPSA) is 168 Å². The summed E-state index contributed by atoms with van der Waals surface area (Å²) in [4.78, 5) is 66.7. The predicted molar refractivity (Wildman–Crippen MR) is 184 cm³/mol. The summed E-state index contributed by atoms with van der Waals surface area (Å²) in [5.41, 5.74) is -4.34. The molecule has 1 N–H and O–H groups in total. The second-order valence-electron chi connectivity index (χ2n) is 17.4. The molecular formula is C40H54O12. The zero-order chi connectivity index (χ0) is 38.3. The molecule has 1 aromatic heterocycles. The van der Waals surface area contributed by atoms with E-state index in [1.54, 1.807) is 39.4 Å². The third kappa shape index (κ3) is 5.09. The maximum absolute atomic E-state index is 14.4. The lowest BCUT2D eigenvalue weighted by Crippen LogP contribution is -2.78. The molecule has 286 valence electrons. The summed E-state index contributed by atoms with van der Waals surface area (Å²) in [6.45, 7) is 18.4. The molecule has 12 heteroatoms. The highest BCUT2D eigenvalue weighted by atomic mass is 16.6. The molecule has 4 fully saturated rings. The molecule has 4 aliphatic carbocycles. The van der Waals surface area contributed by atoms with Crippen LogP contribution >= 0.6 is 0 Å². The first-order valence-electron chi connectivity index (χ1n) is 18.6. The van der Waals surface area contributed by atoms with Gasteiger partial charge in [0.2, 0.25) is 6.10 Å². The van der Waals surface area contributed by atoms with Crippen LogP contribution in [0.1, 0.15) is 100.0 Å². The molecule has 6 rings (SSSR count). The number of aliphatic hydroxyl groups is 1. The van der Waals surface area contributed by atoms with Gasteiger partial charge in [-0.2, -0.15) is 0 Å². The number of carbonyl (C=O) groups is 5. The Morgan fingerprint density at radius 2 is 1.73 bits per heavy atom. The van der Waals surface area contributed by atoms with E-state index in [-0.39, 0.29) is 24.2 Å². The van der Waals surface area contributed by atoms with Crippen molar-refractivity contribution in [1.29, 1.82) is 0 Å². The van der Waals surface area contributed by atoms with Gasteiger partial charge >= 0.3 is 17.9 Å². The van der Waals surface area contributed by atoms with Gasteiger partial charge in [0.1, 0.15) is 23.9 Å². The van der Waals surface area contributed by atoms with Crippen LogP contribution in [0.4, 0.5) is 0 Å². The number of furan rings is 1. The predicted octanol–water partition coefficient (Wildman–Crippen LogP) is 5.10. The SMILES string of the molecule is CCC(C)C(OC(C)=O)C(=O)O[C@H]1[C@H](OC=O)[C@@H]2[C@@]3(C)C=CC(=O)C(C)(C)[C@@H]3C[C@@H](OC(=O)C(O)C(C)C)[C@@]2(C)[C@@]23O[C@@H]2C[C@@H](c2ccoc2)[C@]13C. The number of aliphatic hydroxyl groups excluding tert-OH is 1. The fourth-order valence-electron chi connectivity index (χ4n) is 11.4. The summed E-state index contributed by atoms with van der Waals surface area (Å²) in [7, 11) is 0. The van der Waals surface area contributed by atoms with Gasteiger partial charge < -0.3 is 33.2 Å². The molecule has 3 unspecified atom stereocenters. The van der Waals surface area contributed by atoms with E-state index in [9.17, 15) is 29.1 Å². The van der Waals surface area contributed by atoms with Crippen LogP contribution in [-0.4, -0.2) is 77.5 Å². The lowest BCUT2D eigenvalue weighted by Gasteiger charge is -2.70. The normalized spacial score (nSPS) is 41.3. The van der Waals surface area contributed by atoms with Gasteiger partial charge in [-0.05, 0) is 54.2 Å². The summed E-state index contributed by atoms with van der Waals surface area (Å²) in [5.74, 6) is -4.64. The van der Waals surface area contributed by atoms with E-state index in [0.717, 1.165) is 5.56 Å². The number of hydrogen-bond donors (Lipinski definition) is 1. The lowest BCUT2D eigenvalue weighted by molar-refractivity contribution is -0.297. The molecule has 1 aliphatic heterocycles. The summed E-state index contributed by atoms with van der Waals surface area (Å²) in [5, 5.41) is 10.9. The Hall–Kier alpha value is -3.51. The number of fused-ring (bicyclic) bond motifs is 3. The van der Waals surface area contributed by atoms with E-state index >= 15 is 0 Å². The van der Waals surface area contributed by atoms with E-state index in [2.05, 4.69) is 0 Å². The zero-order valence-corrected chi connectivity index (χ0v) is 31.9. The number of hydrogen-bond acceptors (Lipinski definition) is 12. The largest absolute Gasteiger partial charge is 0.472 e. The number of ketones is 1. The Balaban J connectivity index is 1.61. The molecule has 1 spiro atoms. The van der Waals surface area contributed by atoms with Gasteiger partial charge in [0.05, 0.1) is 18.6 Å². The minimum absolute atomic E-state index is 0.0975. The van der Waals surface area contributed by atoms with E-state index in [1.807, 2.05) is 53.7 Å². The average Bonchev–Trinajstić information content (AvgIpc) is 3.43. The minimum Gasteiger partial charge on any atom is -0.472 e. The summed E-state index contributed by atoms with van der Waals surface area (Å²) in [6.07, 6.45) is 1.69. The summed E-state index contributed by atoms with van der Waals surface area (Å²) >= 11 is 0. The molecule has 0 radical (unpaired) electrons. The van der Waals surface area contributed by atoms with Crippen molar-refractivity contribution in [2.24, 2.45) is 45.3 Å². The van der Waals surface area contributed by atoms with Gasteiger partial charge in [-0.25, -0.2) is 9.59 Å². The van der Waals surface area contributed by atoms with Gasteiger partial charge in [-0.3, -0.25) is 14.4 Å². The number of esters is 3. The molecule has 1 aromatic rings. The van der Waals surface area contributed by atoms with Gasteiger partial charge in [0.25, 0.3) is 6.47 Å². The molecule has 0 aromatic carbocycles. The van der Waals surface area contributed by atoms with E-state index in [0.29, 0.717) is 19.3 Å². The van der Waals surface area contributed by atoms with Gasteiger partial charge in [-0.15, -0.1) is 0 Å². The van der Waals surface area contributed by atoms with Crippen molar-refractivity contribution in [3.05, 3.63) is 36.3 Å². The third-order valence-electron chi connectivity index (χ3n) is 14.2. The minimum atomic E-state index is -1.41. The van der Waals surface area contributed by atoms with Crippen molar-refractivity contribution < 1.29 is 57.2 Å². The lowest BCUT2D eigenvalue weighted by atomic mass is 9.35. The number of carbonyl (C=O) groups excluding carboxylic acids is 5. The number of ether oxygens (including phenoxy) is 5. The highest BCUT2D eigenvalue weighted by Crippen LogP contribution is 2.83. The van der Waals surface area contributed by atoms with Crippen LogP contribution in [0, 0.1) is 45.3 Å². The van der Waals surface area contributed by atoms with Crippen LogP contribution in [0.15, 0.2) is 35.2 Å². The van der Waals surface area contributed by atoms with Gasteiger partial charge in [0.15, 0.2) is 11.9 Å². The number of allylic oxidation sites excluding steroid dienone is 2. The highest BCUT2D eigenvalue weighted by molar-refractivity contribution is 5.96. The first-order chi connectivity index (χ1) is 24.3. The molecule has 5 aliphatic rings. The Morgan fingerprint density at radius 1 is 1.04 bits per heavy atom. The maximum atomic E-state index is 14.4. The van der Waals surface area contributed by atoms with Crippen LogP contribution in [0.5, 0.6) is 0 Å². The molecule has 0 bridgehead atoms. The van der Waals surface area contributed by atoms with Gasteiger partial charge in [0, 0.05) is 40.9 Å². The van der Waals surface area contributed by atoms with Crippen LogP contribution in [0.25, 0.3) is 0 Å². The molecule has 14 atom stereocenters.